The Morgan fingerprint density at radius 2 is 2.00 bits per heavy atom. The molecule has 10 heteroatoms. The lowest BCUT2D eigenvalue weighted by atomic mass is 10.1. The predicted octanol–water partition coefficient (Wildman–Crippen LogP) is 2.61. The number of methoxy groups -OCH3 is 2. The standard InChI is InChI=1S/C19H24N6O3.HI/c1-20-19(21-9-8-13-6-7-14(26-2)16(11-13)27-3)22-12-17-23-18(25-24-17)15-5-4-10-28-15;/h4-7,10-11H,8-9,12H2,1-3H3,(H2,20,21,22)(H,23,24,25);1H. The zero-order valence-electron chi connectivity index (χ0n) is 16.6. The van der Waals surface area contributed by atoms with Crippen molar-refractivity contribution in [2.24, 2.45) is 4.99 Å². The zero-order chi connectivity index (χ0) is 19.8. The fourth-order valence-electron chi connectivity index (χ4n) is 2.64. The number of benzene rings is 1. The van der Waals surface area contributed by atoms with E-state index in [2.05, 4.69) is 30.8 Å². The van der Waals surface area contributed by atoms with Gasteiger partial charge in [0.25, 0.3) is 0 Å². The van der Waals surface area contributed by atoms with Crippen molar-refractivity contribution in [3.05, 3.63) is 48.0 Å². The number of ether oxygens (including phenoxy) is 2. The normalized spacial score (nSPS) is 10.9. The molecule has 2 aromatic heterocycles. The van der Waals surface area contributed by atoms with Crippen LogP contribution in [0.5, 0.6) is 11.5 Å². The third-order valence-electron chi connectivity index (χ3n) is 4.07. The fourth-order valence-corrected chi connectivity index (χ4v) is 2.64. The van der Waals surface area contributed by atoms with Gasteiger partial charge >= 0.3 is 0 Å². The molecule has 0 aliphatic heterocycles. The molecule has 0 bridgehead atoms. The van der Waals surface area contributed by atoms with Gasteiger partial charge in [0.1, 0.15) is 5.82 Å². The summed E-state index contributed by atoms with van der Waals surface area (Å²) in [5.74, 6) is 3.96. The summed E-state index contributed by atoms with van der Waals surface area (Å²) in [7, 11) is 4.98. The largest absolute Gasteiger partial charge is 0.493 e. The van der Waals surface area contributed by atoms with Crippen LogP contribution in [0.2, 0.25) is 0 Å². The molecule has 0 atom stereocenters. The number of aromatic nitrogens is 3. The molecule has 0 saturated heterocycles. The molecule has 3 rings (SSSR count). The number of aromatic amines is 1. The highest BCUT2D eigenvalue weighted by Gasteiger charge is 2.09. The van der Waals surface area contributed by atoms with Gasteiger partial charge in [-0.15, -0.1) is 29.1 Å². The average molecular weight is 512 g/mol. The topological polar surface area (TPSA) is 110 Å². The molecular formula is C19H25IN6O3. The van der Waals surface area contributed by atoms with Gasteiger partial charge < -0.3 is 24.5 Å². The van der Waals surface area contributed by atoms with Crippen LogP contribution in [0.15, 0.2) is 46.0 Å². The highest BCUT2D eigenvalue weighted by atomic mass is 127. The highest BCUT2D eigenvalue weighted by Crippen LogP contribution is 2.27. The van der Waals surface area contributed by atoms with Gasteiger partial charge in [-0.1, -0.05) is 6.07 Å². The first-order chi connectivity index (χ1) is 13.7. The molecule has 0 aliphatic carbocycles. The number of nitrogens with one attached hydrogen (secondary N) is 3. The molecule has 2 heterocycles. The van der Waals surface area contributed by atoms with Crippen molar-refractivity contribution >= 4 is 29.9 Å². The number of furan rings is 1. The minimum atomic E-state index is 0. The highest BCUT2D eigenvalue weighted by molar-refractivity contribution is 14.0. The van der Waals surface area contributed by atoms with E-state index in [0.717, 1.165) is 23.5 Å². The SMILES string of the molecule is CN=C(NCCc1ccc(OC)c(OC)c1)NCc1nc(-c2ccco2)n[nH]1.I. The quantitative estimate of drug-likeness (QED) is 0.242. The van der Waals surface area contributed by atoms with Crippen LogP contribution in [0, 0.1) is 0 Å². The lowest BCUT2D eigenvalue weighted by Gasteiger charge is -2.12. The number of halogens is 1. The maximum Gasteiger partial charge on any atom is 0.216 e. The van der Waals surface area contributed by atoms with E-state index < -0.39 is 0 Å². The van der Waals surface area contributed by atoms with Gasteiger partial charge in [-0.2, -0.15) is 0 Å². The first kappa shape index (κ1) is 22.5. The maximum absolute atomic E-state index is 5.34. The van der Waals surface area contributed by atoms with Crippen LogP contribution < -0.4 is 20.1 Å². The van der Waals surface area contributed by atoms with Crippen LogP contribution in [-0.2, 0) is 13.0 Å². The first-order valence-corrected chi connectivity index (χ1v) is 8.84. The van der Waals surface area contributed by atoms with Crippen molar-refractivity contribution in [1.29, 1.82) is 0 Å². The van der Waals surface area contributed by atoms with Crippen LogP contribution in [0.25, 0.3) is 11.6 Å². The van der Waals surface area contributed by atoms with Crippen LogP contribution in [0.4, 0.5) is 0 Å². The molecule has 0 fully saturated rings. The molecule has 9 nitrogen and oxygen atoms in total. The Labute approximate surface area is 186 Å². The van der Waals surface area contributed by atoms with Crippen molar-refractivity contribution in [1.82, 2.24) is 25.8 Å². The summed E-state index contributed by atoms with van der Waals surface area (Å²) in [6, 6.07) is 9.51. The summed E-state index contributed by atoms with van der Waals surface area (Å²) >= 11 is 0. The number of hydrogen-bond acceptors (Lipinski definition) is 6. The second-order valence-electron chi connectivity index (χ2n) is 5.87. The molecular weight excluding hydrogens is 487 g/mol. The summed E-state index contributed by atoms with van der Waals surface area (Å²) in [5.41, 5.74) is 1.14. The third-order valence-corrected chi connectivity index (χ3v) is 4.07. The first-order valence-electron chi connectivity index (χ1n) is 8.84. The molecule has 0 spiro atoms. The molecule has 3 N–H and O–H groups in total. The van der Waals surface area contributed by atoms with Gasteiger partial charge in [0.05, 0.1) is 27.0 Å². The van der Waals surface area contributed by atoms with E-state index in [0.29, 0.717) is 36.5 Å². The smallest absolute Gasteiger partial charge is 0.216 e. The molecule has 0 amide bonds. The van der Waals surface area contributed by atoms with E-state index >= 15 is 0 Å². The number of nitrogens with zero attached hydrogens (tertiary/aromatic N) is 3. The Bertz CT molecular complexity index is 911. The van der Waals surface area contributed by atoms with Gasteiger partial charge in [-0.3, -0.25) is 10.1 Å². The third kappa shape index (κ3) is 6.11. The Morgan fingerprint density at radius 3 is 2.69 bits per heavy atom. The number of aliphatic imine (C=N–C) groups is 1. The Morgan fingerprint density at radius 1 is 1.17 bits per heavy atom. The minimum Gasteiger partial charge on any atom is -0.493 e. The Balaban J connectivity index is 0.00000300. The summed E-state index contributed by atoms with van der Waals surface area (Å²) in [6.45, 7) is 1.17. The second kappa shape index (κ2) is 11.3. The van der Waals surface area contributed by atoms with Crippen LogP contribution in [0.3, 0.4) is 0 Å². The van der Waals surface area contributed by atoms with Gasteiger partial charge in [-0.05, 0) is 36.2 Å². The molecule has 0 unspecified atom stereocenters. The summed E-state index contributed by atoms with van der Waals surface area (Å²) in [4.78, 5) is 8.61. The van der Waals surface area contributed by atoms with Gasteiger partial charge in [-0.25, -0.2) is 4.98 Å². The minimum absolute atomic E-state index is 0. The van der Waals surface area contributed by atoms with Crippen molar-refractivity contribution in [2.75, 3.05) is 27.8 Å². The Kier molecular flexibility index (Phi) is 8.77. The number of hydrogen-bond donors (Lipinski definition) is 3. The maximum atomic E-state index is 5.34. The van der Waals surface area contributed by atoms with E-state index in [4.69, 9.17) is 13.9 Å². The van der Waals surface area contributed by atoms with Crippen LogP contribution in [-0.4, -0.2) is 49.0 Å². The number of H-pyrrole nitrogens is 1. The number of rotatable bonds is 8. The van der Waals surface area contributed by atoms with Crippen molar-refractivity contribution in [3.8, 4) is 23.1 Å². The second-order valence-corrected chi connectivity index (χ2v) is 5.87. The number of guanidine groups is 1. The molecule has 1 aromatic carbocycles. The molecule has 156 valence electrons. The van der Waals surface area contributed by atoms with Crippen LogP contribution in [0.1, 0.15) is 11.4 Å². The van der Waals surface area contributed by atoms with E-state index in [1.54, 1.807) is 33.6 Å². The molecule has 3 aromatic rings. The lowest BCUT2D eigenvalue weighted by molar-refractivity contribution is 0.354. The van der Waals surface area contributed by atoms with Crippen molar-refractivity contribution in [3.63, 3.8) is 0 Å². The van der Waals surface area contributed by atoms with E-state index in [1.807, 2.05) is 24.3 Å². The Hall–Kier alpha value is -2.76. The molecule has 29 heavy (non-hydrogen) atoms. The lowest BCUT2D eigenvalue weighted by Crippen LogP contribution is -2.38. The molecule has 0 aliphatic rings. The molecule has 0 saturated carbocycles. The predicted molar refractivity (Wildman–Crippen MR) is 121 cm³/mol. The summed E-state index contributed by atoms with van der Waals surface area (Å²) in [6.07, 6.45) is 2.40. The summed E-state index contributed by atoms with van der Waals surface area (Å²) < 4.78 is 15.9. The van der Waals surface area contributed by atoms with Gasteiger partial charge in [0, 0.05) is 13.6 Å². The zero-order valence-corrected chi connectivity index (χ0v) is 18.9. The van der Waals surface area contributed by atoms with Crippen molar-refractivity contribution in [2.45, 2.75) is 13.0 Å². The van der Waals surface area contributed by atoms with E-state index in [1.165, 1.54) is 0 Å². The average Bonchev–Trinajstić information content (AvgIpc) is 3.42. The molecule has 0 radical (unpaired) electrons. The summed E-state index contributed by atoms with van der Waals surface area (Å²) in [5, 5.41) is 13.5. The monoisotopic (exact) mass is 512 g/mol. The van der Waals surface area contributed by atoms with Gasteiger partial charge in [0.2, 0.25) is 5.82 Å². The van der Waals surface area contributed by atoms with Crippen LogP contribution >= 0.6 is 24.0 Å². The van der Waals surface area contributed by atoms with E-state index in [9.17, 15) is 0 Å². The fraction of sp³-hybridized carbons (Fsp3) is 0.316. The van der Waals surface area contributed by atoms with Gasteiger partial charge in [0.15, 0.2) is 23.2 Å². The van der Waals surface area contributed by atoms with Crippen molar-refractivity contribution < 1.29 is 13.9 Å². The van der Waals surface area contributed by atoms with E-state index in [-0.39, 0.29) is 24.0 Å².